The van der Waals surface area contributed by atoms with Crippen LogP contribution in [-0.2, 0) is 4.79 Å². The van der Waals surface area contributed by atoms with Crippen LogP contribution < -0.4 is 5.32 Å². The molecular weight excluding hydrogens is 302 g/mol. The predicted octanol–water partition coefficient (Wildman–Crippen LogP) is 3.10. The first-order valence-electron chi connectivity index (χ1n) is 7.87. The number of nitrogens with one attached hydrogen (secondary N) is 1. The minimum absolute atomic E-state index is 0.0917. The monoisotopic (exact) mass is 323 g/mol. The molecule has 4 fully saturated rings. The van der Waals surface area contributed by atoms with Crippen LogP contribution >= 0.6 is 23.1 Å². The Bertz CT molecular complexity index is 496. The zero-order valence-corrected chi connectivity index (χ0v) is 13.9. The zero-order valence-electron chi connectivity index (χ0n) is 12.2. The number of carbonyl (C=O) groups is 1. The summed E-state index contributed by atoms with van der Waals surface area (Å²) in [6.07, 6.45) is 7.85. The van der Waals surface area contributed by atoms with Crippen molar-refractivity contribution in [3.05, 3.63) is 5.51 Å². The molecular formula is C15H21N3OS2. The molecule has 0 aromatic carbocycles. The fourth-order valence-corrected chi connectivity index (χ4v) is 6.67. The quantitative estimate of drug-likeness (QED) is 0.865. The van der Waals surface area contributed by atoms with Crippen molar-refractivity contribution < 1.29 is 4.79 Å². The number of carbonyl (C=O) groups excluding carboxylic acids is 1. The molecule has 0 spiro atoms. The number of hydrogen-bond donors (Lipinski definition) is 1. The van der Waals surface area contributed by atoms with E-state index >= 15 is 0 Å². The summed E-state index contributed by atoms with van der Waals surface area (Å²) in [7, 11) is 0. The van der Waals surface area contributed by atoms with Gasteiger partial charge in [0.05, 0.1) is 5.25 Å². The van der Waals surface area contributed by atoms with Crippen LogP contribution in [0.3, 0.4) is 0 Å². The van der Waals surface area contributed by atoms with Crippen LogP contribution in [0.2, 0.25) is 0 Å². The summed E-state index contributed by atoms with van der Waals surface area (Å²) in [5.41, 5.74) is 1.83. The number of nitrogens with zero attached hydrogens (tertiary/aromatic N) is 2. The first-order chi connectivity index (χ1) is 10.1. The lowest BCUT2D eigenvalue weighted by Gasteiger charge is -2.57. The fourth-order valence-electron chi connectivity index (χ4n) is 5.05. The summed E-state index contributed by atoms with van der Waals surface area (Å²) >= 11 is 3.02. The van der Waals surface area contributed by atoms with Crippen molar-refractivity contribution in [2.24, 2.45) is 17.8 Å². The lowest BCUT2D eigenvalue weighted by molar-refractivity contribution is -0.126. The van der Waals surface area contributed by atoms with Crippen molar-refractivity contribution in [2.75, 3.05) is 0 Å². The Kier molecular flexibility index (Phi) is 3.49. The summed E-state index contributed by atoms with van der Waals surface area (Å²) in [4.78, 5) is 12.6. The van der Waals surface area contributed by atoms with E-state index in [9.17, 15) is 4.79 Å². The predicted molar refractivity (Wildman–Crippen MR) is 84.3 cm³/mol. The molecule has 4 aliphatic carbocycles. The van der Waals surface area contributed by atoms with Crippen LogP contribution in [0.1, 0.15) is 45.4 Å². The third-order valence-corrected chi connectivity index (χ3v) is 7.32. The largest absolute Gasteiger partial charge is 0.350 e. The van der Waals surface area contributed by atoms with E-state index < -0.39 is 0 Å². The molecule has 1 heterocycles. The maximum absolute atomic E-state index is 12.6. The van der Waals surface area contributed by atoms with Gasteiger partial charge in [-0.05, 0) is 63.2 Å². The minimum atomic E-state index is -0.0917. The molecule has 6 heteroatoms. The SMILES string of the molecule is C[C@H](Sc1nncs1)C(=O)NC12CC3CC(CC(C3)C1)C2. The number of amides is 1. The van der Waals surface area contributed by atoms with Crippen LogP contribution in [0.25, 0.3) is 0 Å². The van der Waals surface area contributed by atoms with Gasteiger partial charge in [0, 0.05) is 5.54 Å². The van der Waals surface area contributed by atoms with Gasteiger partial charge in [0.25, 0.3) is 0 Å². The molecule has 114 valence electrons. The third kappa shape index (κ3) is 2.72. The van der Waals surface area contributed by atoms with E-state index in [2.05, 4.69) is 15.5 Å². The lowest BCUT2D eigenvalue weighted by Crippen LogP contribution is -2.60. The van der Waals surface area contributed by atoms with Crippen LogP contribution in [0.5, 0.6) is 0 Å². The summed E-state index contributed by atoms with van der Waals surface area (Å²) in [5, 5.41) is 11.2. The smallest absolute Gasteiger partial charge is 0.233 e. The first kappa shape index (κ1) is 14.0. The molecule has 5 rings (SSSR count). The second kappa shape index (κ2) is 5.23. The second-order valence-corrected chi connectivity index (χ2v) is 9.57. The number of aromatic nitrogens is 2. The molecule has 0 saturated heterocycles. The van der Waals surface area contributed by atoms with Crippen LogP contribution in [0.15, 0.2) is 9.85 Å². The van der Waals surface area contributed by atoms with E-state index in [1.807, 2.05) is 6.92 Å². The Balaban J connectivity index is 1.42. The van der Waals surface area contributed by atoms with Crippen LogP contribution in [0.4, 0.5) is 0 Å². The van der Waals surface area contributed by atoms with Crippen LogP contribution in [0, 0.1) is 17.8 Å². The molecule has 4 bridgehead atoms. The van der Waals surface area contributed by atoms with Crippen molar-refractivity contribution >= 4 is 29.0 Å². The van der Waals surface area contributed by atoms with E-state index in [-0.39, 0.29) is 16.7 Å². The molecule has 21 heavy (non-hydrogen) atoms. The number of rotatable bonds is 4. The minimum Gasteiger partial charge on any atom is -0.350 e. The van der Waals surface area contributed by atoms with Gasteiger partial charge >= 0.3 is 0 Å². The highest BCUT2D eigenvalue weighted by Crippen LogP contribution is 2.55. The highest BCUT2D eigenvalue weighted by atomic mass is 32.2. The average molecular weight is 323 g/mol. The van der Waals surface area contributed by atoms with Crippen molar-refractivity contribution in [2.45, 2.75) is 60.6 Å². The molecule has 1 N–H and O–H groups in total. The first-order valence-corrected chi connectivity index (χ1v) is 9.63. The summed E-state index contributed by atoms with van der Waals surface area (Å²) in [6.45, 7) is 1.97. The zero-order chi connectivity index (χ0) is 14.4. The highest BCUT2D eigenvalue weighted by molar-refractivity contribution is 8.02. The molecule has 4 aliphatic rings. The summed E-state index contributed by atoms with van der Waals surface area (Å²) < 4.78 is 0.878. The standard InChI is InChI=1S/C15H21N3OS2/c1-9(21-14-18-16-8-20-14)13(19)17-15-5-10-2-11(6-15)4-12(3-10)7-15/h8-12H,2-7H2,1H3,(H,17,19)/t9-,10?,11?,12?,15?/m0/s1. The van der Waals surface area contributed by atoms with Gasteiger partial charge in [-0.1, -0.05) is 23.1 Å². The average Bonchev–Trinajstić information content (AvgIpc) is 2.89. The molecule has 1 aromatic rings. The molecule has 0 unspecified atom stereocenters. The van der Waals surface area contributed by atoms with Gasteiger partial charge < -0.3 is 5.32 Å². The van der Waals surface area contributed by atoms with E-state index in [1.165, 1.54) is 61.6 Å². The van der Waals surface area contributed by atoms with Crippen molar-refractivity contribution in [3.63, 3.8) is 0 Å². The van der Waals surface area contributed by atoms with Gasteiger partial charge in [-0.25, -0.2) is 0 Å². The molecule has 0 aliphatic heterocycles. The fraction of sp³-hybridized carbons (Fsp3) is 0.800. The Labute approximate surface area is 133 Å². The third-order valence-electron chi connectivity index (χ3n) is 5.41. The molecule has 1 aromatic heterocycles. The van der Waals surface area contributed by atoms with E-state index in [0.717, 1.165) is 22.1 Å². The van der Waals surface area contributed by atoms with E-state index in [0.29, 0.717) is 0 Å². The van der Waals surface area contributed by atoms with Gasteiger partial charge in [-0.15, -0.1) is 10.2 Å². The Morgan fingerprint density at radius 2 is 1.95 bits per heavy atom. The summed E-state index contributed by atoms with van der Waals surface area (Å²) in [6, 6.07) is 0. The van der Waals surface area contributed by atoms with Gasteiger partial charge in [-0.3, -0.25) is 4.79 Å². The Morgan fingerprint density at radius 3 is 2.48 bits per heavy atom. The number of hydrogen-bond acceptors (Lipinski definition) is 5. The Morgan fingerprint density at radius 1 is 1.33 bits per heavy atom. The molecule has 1 atom stereocenters. The maximum Gasteiger partial charge on any atom is 0.233 e. The van der Waals surface area contributed by atoms with Gasteiger partial charge in [0.2, 0.25) is 5.91 Å². The molecule has 4 nitrogen and oxygen atoms in total. The second-order valence-electron chi connectivity index (χ2n) is 7.15. The summed E-state index contributed by atoms with van der Waals surface area (Å²) in [5.74, 6) is 2.77. The van der Waals surface area contributed by atoms with E-state index in [4.69, 9.17) is 0 Å². The topological polar surface area (TPSA) is 54.9 Å². The van der Waals surface area contributed by atoms with Crippen molar-refractivity contribution in [1.82, 2.24) is 15.5 Å². The molecule has 4 saturated carbocycles. The van der Waals surface area contributed by atoms with Gasteiger partial charge in [-0.2, -0.15) is 0 Å². The number of thioether (sulfide) groups is 1. The maximum atomic E-state index is 12.6. The highest BCUT2D eigenvalue weighted by Gasteiger charge is 2.51. The molecule has 0 radical (unpaired) electrons. The Hall–Kier alpha value is -0.620. The van der Waals surface area contributed by atoms with E-state index in [1.54, 1.807) is 5.51 Å². The van der Waals surface area contributed by atoms with Gasteiger partial charge in [0.15, 0.2) is 4.34 Å². The molecule has 1 amide bonds. The van der Waals surface area contributed by atoms with Gasteiger partial charge in [0.1, 0.15) is 5.51 Å². The van der Waals surface area contributed by atoms with Crippen LogP contribution in [-0.4, -0.2) is 26.9 Å². The normalized spacial score (nSPS) is 38.4. The van der Waals surface area contributed by atoms with Crippen molar-refractivity contribution in [3.8, 4) is 0 Å². The van der Waals surface area contributed by atoms with Crippen molar-refractivity contribution in [1.29, 1.82) is 0 Å². The lowest BCUT2D eigenvalue weighted by atomic mass is 9.53.